The Hall–Kier alpha value is -3.48. The van der Waals surface area contributed by atoms with E-state index in [2.05, 4.69) is 82.9 Å². The Labute approximate surface area is 210 Å². The summed E-state index contributed by atoms with van der Waals surface area (Å²) in [6, 6.07) is 21.6. The Kier molecular flexibility index (Phi) is 5.01. The number of morpholine rings is 1. The number of ether oxygens (including phenoxy) is 1. The Bertz CT molecular complexity index is 1490. The predicted molar refractivity (Wildman–Crippen MR) is 141 cm³/mol. The average molecular weight is 479 g/mol. The normalized spacial score (nSPS) is 23.2. The number of hydrogen-bond acceptors (Lipinski definition) is 4. The fourth-order valence-corrected chi connectivity index (χ4v) is 6.17. The number of nitrogens with one attached hydrogen (secondary N) is 2. The van der Waals surface area contributed by atoms with E-state index in [0.717, 1.165) is 73.5 Å². The van der Waals surface area contributed by atoms with Gasteiger partial charge in [0.2, 0.25) is 5.91 Å². The number of amides is 1. The quantitative estimate of drug-likeness (QED) is 0.423. The van der Waals surface area contributed by atoms with Gasteiger partial charge in [-0.05, 0) is 53.3 Å². The van der Waals surface area contributed by atoms with E-state index >= 15 is 0 Å². The minimum Gasteiger partial charge on any atom is -0.379 e. The SMILES string of the molecule is CCc1ccc2c(c1)C1(CC1c1ccc3c(-c4cccc(CN5CCOCC5)c4)n[nH]c3c1)C(=O)N2. The second kappa shape index (κ2) is 8.29. The van der Waals surface area contributed by atoms with Crippen LogP contribution in [0.15, 0.2) is 60.7 Å². The number of carbonyl (C=O) groups excluding carboxylic acids is 1. The van der Waals surface area contributed by atoms with Crippen LogP contribution in [0.3, 0.4) is 0 Å². The number of carbonyl (C=O) groups is 1. The summed E-state index contributed by atoms with van der Waals surface area (Å²) in [4.78, 5) is 15.5. The largest absolute Gasteiger partial charge is 0.379 e. The molecule has 6 nitrogen and oxygen atoms in total. The van der Waals surface area contributed by atoms with Gasteiger partial charge >= 0.3 is 0 Å². The molecule has 2 atom stereocenters. The van der Waals surface area contributed by atoms with Crippen LogP contribution < -0.4 is 5.32 Å². The molecule has 3 aromatic carbocycles. The zero-order chi connectivity index (χ0) is 24.3. The zero-order valence-electron chi connectivity index (χ0n) is 20.5. The van der Waals surface area contributed by atoms with Crippen LogP contribution in [-0.2, 0) is 27.9 Å². The molecule has 2 aliphatic heterocycles. The molecule has 1 amide bonds. The number of aryl methyl sites for hydroxylation is 1. The number of fused-ring (bicyclic) bond motifs is 3. The lowest BCUT2D eigenvalue weighted by Crippen LogP contribution is -2.35. The van der Waals surface area contributed by atoms with Crippen molar-refractivity contribution in [2.24, 2.45) is 0 Å². The second-order valence-corrected chi connectivity index (χ2v) is 10.4. The Balaban J connectivity index is 1.18. The highest BCUT2D eigenvalue weighted by Crippen LogP contribution is 2.65. The van der Waals surface area contributed by atoms with E-state index in [1.54, 1.807) is 0 Å². The van der Waals surface area contributed by atoms with Gasteiger partial charge in [-0.15, -0.1) is 0 Å². The molecule has 2 fully saturated rings. The van der Waals surface area contributed by atoms with E-state index in [-0.39, 0.29) is 11.8 Å². The topological polar surface area (TPSA) is 70.2 Å². The molecule has 4 aromatic rings. The predicted octanol–water partition coefficient (Wildman–Crippen LogP) is 5.00. The van der Waals surface area contributed by atoms with Crippen LogP contribution in [0.5, 0.6) is 0 Å². The number of nitrogens with zero attached hydrogens (tertiary/aromatic N) is 2. The molecule has 0 radical (unpaired) electrons. The first-order valence-electron chi connectivity index (χ1n) is 13.0. The Morgan fingerprint density at radius 2 is 1.94 bits per heavy atom. The van der Waals surface area contributed by atoms with Crippen molar-refractivity contribution in [3.8, 4) is 11.3 Å². The van der Waals surface area contributed by atoms with E-state index in [9.17, 15) is 4.79 Å². The summed E-state index contributed by atoms with van der Waals surface area (Å²) in [5, 5.41) is 12.2. The summed E-state index contributed by atoms with van der Waals surface area (Å²) in [6.07, 6.45) is 1.83. The van der Waals surface area contributed by atoms with E-state index < -0.39 is 5.41 Å². The molecule has 36 heavy (non-hydrogen) atoms. The van der Waals surface area contributed by atoms with Crippen LogP contribution in [0.25, 0.3) is 22.2 Å². The standard InChI is InChI=1S/C30H30N4O2/c1-2-19-6-9-26-24(15-19)30(29(35)31-26)17-25(30)21-7-8-23-27(16-21)32-33-28(23)22-5-3-4-20(14-22)18-34-10-12-36-13-11-34/h3-9,14-16,25H,2,10-13,17-18H2,1H3,(H,31,35)(H,32,33). The maximum Gasteiger partial charge on any atom is 0.235 e. The maximum atomic E-state index is 13.1. The van der Waals surface area contributed by atoms with Gasteiger partial charge < -0.3 is 10.1 Å². The van der Waals surface area contributed by atoms with Gasteiger partial charge in [-0.2, -0.15) is 5.10 Å². The summed E-state index contributed by atoms with van der Waals surface area (Å²) in [6.45, 7) is 6.65. The summed E-state index contributed by atoms with van der Waals surface area (Å²) in [5.74, 6) is 0.331. The average Bonchev–Trinajstić information content (AvgIpc) is 3.43. The van der Waals surface area contributed by atoms with E-state index in [0.29, 0.717) is 0 Å². The third-order valence-electron chi connectivity index (χ3n) is 8.29. The van der Waals surface area contributed by atoms with Crippen LogP contribution in [0.4, 0.5) is 5.69 Å². The van der Waals surface area contributed by atoms with Crippen molar-refractivity contribution < 1.29 is 9.53 Å². The number of aromatic amines is 1. The number of hydrogen-bond donors (Lipinski definition) is 2. The number of anilines is 1. The minimum absolute atomic E-state index is 0.137. The molecule has 1 spiro atoms. The van der Waals surface area contributed by atoms with Crippen molar-refractivity contribution in [1.29, 1.82) is 0 Å². The molecule has 1 aliphatic carbocycles. The van der Waals surface area contributed by atoms with Gasteiger partial charge in [0.15, 0.2) is 0 Å². The molecular formula is C30H30N4O2. The van der Waals surface area contributed by atoms with Crippen molar-refractivity contribution in [2.45, 2.75) is 37.6 Å². The second-order valence-electron chi connectivity index (χ2n) is 10.4. The van der Waals surface area contributed by atoms with Crippen molar-refractivity contribution >= 4 is 22.5 Å². The molecule has 1 saturated carbocycles. The van der Waals surface area contributed by atoms with Crippen molar-refractivity contribution in [3.63, 3.8) is 0 Å². The van der Waals surface area contributed by atoms with Gasteiger partial charge in [-0.3, -0.25) is 14.8 Å². The van der Waals surface area contributed by atoms with Crippen molar-refractivity contribution in [2.75, 3.05) is 31.6 Å². The number of aromatic nitrogens is 2. The lowest BCUT2D eigenvalue weighted by Gasteiger charge is -2.26. The van der Waals surface area contributed by atoms with Crippen molar-refractivity contribution in [1.82, 2.24) is 15.1 Å². The molecule has 3 heterocycles. The van der Waals surface area contributed by atoms with Crippen LogP contribution in [0, 0.1) is 0 Å². The van der Waals surface area contributed by atoms with Gasteiger partial charge in [-0.25, -0.2) is 0 Å². The van der Waals surface area contributed by atoms with Gasteiger partial charge in [0.05, 0.1) is 29.8 Å². The molecule has 3 aliphatic rings. The van der Waals surface area contributed by atoms with E-state index in [1.807, 2.05) is 0 Å². The third-order valence-corrected chi connectivity index (χ3v) is 8.29. The monoisotopic (exact) mass is 478 g/mol. The number of H-pyrrole nitrogens is 1. The van der Waals surface area contributed by atoms with Crippen LogP contribution in [0.2, 0.25) is 0 Å². The molecule has 182 valence electrons. The highest BCUT2D eigenvalue weighted by Gasteiger charge is 2.65. The van der Waals surface area contributed by atoms with Gasteiger partial charge in [-0.1, -0.05) is 49.4 Å². The molecule has 2 unspecified atom stereocenters. The van der Waals surface area contributed by atoms with Crippen LogP contribution >= 0.6 is 0 Å². The molecule has 2 N–H and O–H groups in total. The third kappa shape index (κ3) is 3.39. The maximum absolute atomic E-state index is 13.1. The summed E-state index contributed by atoms with van der Waals surface area (Å²) in [7, 11) is 0. The Morgan fingerprint density at radius 3 is 2.81 bits per heavy atom. The summed E-state index contributed by atoms with van der Waals surface area (Å²) < 4.78 is 5.49. The highest BCUT2D eigenvalue weighted by molar-refractivity contribution is 6.10. The minimum atomic E-state index is -0.426. The molecule has 7 rings (SSSR count). The van der Waals surface area contributed by atoms with Gasteiger partial charge in [0.1, 0.15) is 0 Å². The van der Waals surface area contributed by atoms with Crippen LogP contribution in [0.1, 0.15) is 41.5 Å². The first-order valence-corrected chi connectivity index (χ1v) is 13.0. The fraction of sp³-hybridized carbons (Fsp3) is 0.333. The molecule has 0 bridgehead atoms. The van der Waals surface area contributed by atoms with Gasteiger partial charge in [0.25, 0.3) is 0 Å². The lowest BCUT2D eigenvalue weighted by atomic mass is 9.90. The number of rotatable bonds is 5. The highest BCUT2D eigenvalue weighted by atomic mass is 16.5. The number of benzene rings is 3. The molecular weight excluding hydrogens is 448 g/mol. The zero-order valence-corrected chi connectivity index (χ0v) is 20.5. The molecule has 1 saturated heterocycles. The van der Waals surface area contributed by atoms with E-state index in [1.165, 1.54) is 22.3 Å². The first-order chi connectivity index (χ1) is 17.7. The van der Waals surface area contributed by atoms with Crippen LogP contribution in [-0.4, -0.2) is 47.3 Å². The lowest BCUT2D eigenvalue weighted by molar-refractivity contribution is -0.118. The fourth-order valence-electron chi connectivity index (χ4n) is 6.17. The van der Waals surface area contributed by atoms with Crippen molar-refractivity contribution in [3.05, 3.63) is 82.9 Å². The summed E-state index contributed by atoms with van der Waals surface area (Å²) >= 11 is 0. The smallest absolute Gasteiger partial charge is 0.235 e. The Morgan fingerprint density at radius 1 is 1.06 bits per heavy atom. The first kappa shape index (κ1) is 21.8. The summed E-state index contributed by atoms with van der Waals surface area (Å²) in [5.41, 5.74) is 8.60. The van der Waals surface area contributed by atoms with E-state index in [4.69, 9.17) is 9.84 Å². The van der Waals surface area contributed by atoms with Gasteiger partial charge in [0, 0.05) is 42.2 Å². The molecule has 1 aromatic heterocycles. The molecule has 6 heteroatoms.